The van der Waals surface area contributed by atoms with Gasteiger partial charge in [0.2, 0.25) is 0 Å². The number of likely N-dealkylation sites (tertiary alicyclic amines) is 1. The van der Waals surface area contributed by atoms with Crippen molar-refractivity contribution in [2.24, 2.45) is 0 Å². The van der Waals surface area contributed by atoms with Crippen LogP contribution in [0.1, 0.15) is 49.0 Å². The van der Waals surface area contributed by atoms with Crippen LogP contribution in [0.5, 0.6) is 0 Å². The average molecular weight is 259 g/mol. The minimum absolute atomic E-state index is 0.0615. The van der Waals surface area contributed by atoms with Crippen molar-refractivity contribution in [1.29, 1.82) is 0 Å². The minimum atomic E-state index is 0.0615. The number of ketones is 1. The number of rotatable bonds is 4. The molecule has 19 heavy (non-hydrogen) atoms. The van der Waals surface area contributed by atoms with Gasteiger partial charge in [0.15, 0.2) is 0 Å². The number of hydrogen-bond donors (Lipinski definition) is 0. The summed E-state index contributed by atoms with van der Waals surface area (Å²) in [7, 11) is 0. The van der Waals surface area contributed by atoms with Crippen molar-refractivity contribution in [3.05, 3.63) is 35.4 Å². The van der Waals surface area contributed by atoms with Crippen molar-refractivity contribution in [3.8, 4) is 0 Å². The molecule has 1 amide bonds. The molecule has 102 valence electrons. The highest BCUT2D eigenvalue weighted by Crippen LogP contribution is 2.23. The Kier molecular flexibility index (Phi) is 4.35. The van der Waals surface area contributed by atoms with E-state index in [2.05, 4.69) is 6.92 Å². The molecular weight excluding hydrogens is 238 g/mol. The molecule has 3 heteroatoms. The third-order valence-corrected chi connectivity index (χ3v) is 3.77. The van der Waals surface area contributed by atoms with Crippen molar-refractivity contribution < 1.29 is 9.59 Å². The summed E-state index contributed by atoms with van der Waals surface area (Å²) < 4.78 is 0. The van der Waals surface area contributed by atoms with Crippen LogP contribution in [0.15, 0.2) is 24.3 Å². The normalized spacial score (nSPS) is 18.6. The second-order valence-corrected chi connectivity index (χ2v) is 5.25. The molecule has 0 aliphatic carbocycles. The quantitative estimate of drug-likeness (QED) is 0.833. The summed E-state index contributed by atoms with van der Waals surface area (Å²) in [4.78, 5) is 25.6. The molecular formula is C16H21NO2. The predicted molar refractivity (Wildman–Crippen MR) is 75.2 cm³/mol. The van der Waals surface area contributed by atoms with Gasteiger partial charge in [-0.15, -0.1) is 0 Å². The first-order chi connectivity index (χ1) is 9.11. The number of amides is 1. The summed E-state index contributed by atoms with van der Waals surface area (Å²) in [5.41, 5.74) is 1.96. The van der Waals surface area contributed by atoms with Gasteiger partial charge < -0.3 is 4.90 Å². The molecule has 0 saturated carbocycles. The topological polar surface area (TPSA) is 37.4 Å². The third kappa shape index (κ3) is 3.22. The van der Waals surface area contributed by atoms with Gasteiger partial charge in [0.05, 0.1) is 0 Å². The minimum Gasteiger partial charge on any atom is -0.335 e. The van der Waals surface area contributed by atoms with E-state index in [9.17, 15) is 9.59 Å². The lowest BCUT2D eigenvalue weighted by Gasteiger charge is -2.24. The summed E-state index contributed by atoms with van der Waals surface area (Å²) in [6.07, 6.45) is 3.40. The molecule has 1 fully saturated rings. The number of aryl methyl sites for hydroxylation is 1. The lowest BCUT2D eigenvalue weighted by atomic mass is 10.1. The molecule has 1 aromatic rings. The maximum atomic E-state index is 12.5. The average Bonchev–Trinajstić information content (AvgIpc) is 2.85. The summed E-state index contributed by atoms with van der Waals surface area (Å²) in [5.74, 6) is 0.220. The van der Waals surface area contributed by atoms with Crippen molar-refractivity contribution >= 4 is 11.7 Å². The van der Waals surface area contributed by atoms with E-state index < -0.39 is 0 Å². The highest BCUT2D eigenvalue weighted by Gasteiger charge is 2.29. The van der Waals surface area contributed by atoms with Gasteiger partial charge in [-0.25, -0.2) is 0 Å². The van der Waals surface area contributed by atoms with Crippen LogP contribution in [-0.2, 0) is 11.2 Å². The zero-order chi connectivity index (χ0) is 13.8. The number of carbonyl (C=O) groups excluding carboxylic acids is 2. The van der Waals surface area contributed by atoms with Crippen molar-refractivity contribution in [1.82, 2.24) is 4.90 Å². The first kappa shape index (κ1) is 13.8. The number of benzene rings is 1. The second-order valence-electron chi connectivity index (χ2n) is 5.25. The van der Waals surface area contributed by atoms with Crippen LogP contribution in [0.2, 0.25) is 0 Å². The van der Waals surface area contributed by atoms with Gasteiger partial charge >= 0.3 is 0 Å². The summed E-state index contributed by atoms with van der Waals surface area (Å²) in [5, 5.41) is 0. The van der Waals surface area contributed by atoms with E-state index in [1.54, 1.807) is 6.92 Å². The molecule has 0 N–H and O–H groups in total. The van der Waals surface area contributed by atoms with Crippen LogP contribution in [0.25, 0.3) is 0 Å². The molecule has 1 atom stereocenters. The molecule has 1 aromatic carbocycles. The predicted octanol–water partition coefficient (Wildman–Crippen LogP) is 2.83. The fraction of sp³-hybridized carbons (Fsp3) is 0.500. The van der Waals surface area contributed by atoms with Gasteiger partial charge in [-0.1, -0.05) is 19.1 Å². The lowest BCUT2D eigenvalue weighted by molar-refractivity contribution is -0.117. The van der Waals surface area contributed by atoms with Crippen molar-refractivity contribution in [2.45, 2.75) is 45.6 Å². The van der Waals surface area contributed by atoms with Gasteiger partial charge in [-0.3, -0.25) is 9.59 Å². The molecule has 1 aliphatic heterocycles. The lowest BCUT2D eigenvalue weighted by Crippen LogP contribution is -2.36. The fourth-order valence-electron chi connectivity index (χ4n) is 2.70. The van der Waals surface area contributed by atoms with E-state index in [1.807, 2.05) is 29.2 Å². The first-order valence-electron chi connectivity index (χ1n) is 7.01. The van der Waals surface area contributed by atoms with Crippen LogP contribution in [0.3, 0.4) is 0 Å². The number of carbonyl (C=O) groups is 2. The smallest absolute Gasteiger partial charge is 0.254 e. The monoisotopic (exact) mass is 259 g/mol. The highest BCUT2D eigenvalue weighted by molar-refractivity contribution is 5.95. The molecule has 0 bridgehead atoms. The molecule has 0 radical (unpaired) electrons. The number of Topliss-reactive ketones (excluding diaryl/α,β-unsaturated/α-hetero) is 1. The Bertz CT molecular complexity index is 464. The van der Waals surface area contributed by atoms with Crippen LogP contribution in [-0.4, -0.2) is 29.2 Å². The highest BCUT2D eigenvalue weighted by atomic mass is 16.2. The standard InChI is InChI=1S/C16H21NO2/c1-3-13-6-8-14(9-7-13)16(19)17-10-4-5-15(17)11-12(2)18/h6-9,15H,3-5,10-11H2,1-2H3. The van der Waals surface area contributed by atoms with Crippen LogP contribution in [0, 0.1) is 0 Å². The maximum absolute atomic E-state index is 12.5. The van der Waals surface area contributed by atoms with E-state index in [0.29, 0.717) is 6.42 Å². The Morgan fingerprint density at radius 3 is 2.53 bits per heavy atom. The van der Waals surface area contributed by atoms with Gasteiger partial charge in [0, 0.05) is 24.6 Å². The van der Waals surface area contributed by atoms with Crippen LogP contribution < -0.4 is 0 Å². The Morgan fingerprint density at radius 2 is 1.95 bits per heavy atom. The molecule has 1 unspecified atom stereocenters. The number of hydrogen-bond acceptors (Lipinski definition) is 2. The van der Waals surface area contributed by atoms with E-state index in [1.165, 1.54) is 5.56 Å². The summed E-state index contributed by atoms with van der Waals surface area (Å²) in [6, 6.07) is 7.89. The maximum Gasteiger partial charge on any atom is 0.254 e. The van der Waals surface area contributed by atoms with E-state index in [4.69, 9.17) is 0 Å². The van der Waals surface area contributed by atoms with Gasteiger partial charge in [0.1, 0.15) is 5.78 Å². The molecule has 3 nitrogen and oxygen atoms in total. The SMILES string of the molecule is CCc1ccc(C(=O)N2CCCC2CC(C)=O)cc1. The molecule has 1 aliphatic rings. The van der Waals surface area contributed by atoms with E-state index >= 15 is 0 Å². The Balaban J connectivity index is 2.11. The largest absolute Gasteiger partial charge is 0.335 e. The second kappa shape index (κ2) is 6.00. The van der Waals surface area contributed by atoms with E-state index in [-0.39, 0.29) is 17.7 Å². The first-order valence-corrected chi connectivity index (χ1v) is 7.01. The fourth-order valence-corrected chi connectivity index (χ4v) is 2.70. The zero-order valence-electron chi connectivity index (χ0n) is 11.7. The zero-order valence-corrected chi connectivity index (χ0v) is 11.7. The van der Waals surface area contributed by atoms with Crippen LogP contribution in [0.4, 0.5) is 0 Å². The molecule has 0 aromatic heterocycles. The summed E-state index contributed by atoms with van der Waals surface area (Å²) >= 11 is 0. The molecule has 1 saturated heterocycles. The van der Waals surface area contributed by atoms with Gasteiger partial charge in [-0.05, 0) is 43.9 Å². The Morgan fingerprint density at radius 1 is 1.26 bits per heavy atom. The van der Waals surface area contributed by atoms with Crippen LogP contribution >= 0.6 is 0 Å². The molecule has 0 spiro atoms. The molecule has 1 heterocycles. The number of nitrogens with zero attached hydrogens (tertiary/aromatic N) is 1. The van der Waals surface area contributed by atoms with Gasteiger partial charge in [-0.2, -0.15) is 0 Å². The van der Waals surface area contributed by atoms with Gasteiger partial charge in [0.25, 0.3) is 5.91 Å². The summed E-state index contributed by atoms with van der Waals surface area (Å²) in [6.45, 7) is 4.46. The Hall–Kier alpha value is -1.64. The van der Waals surface area contributed by atoms with Crippen molar-refractivity contribution in [2.75, 3.05) is 6.54 Å². The van der Waals surface area contributed by atoms with Crippen molar-refractivity contribution in [3.63, 3.8) is 0 Å². The van der Waals surface area contributed by atoms with E-state index in [0.717, 1.165) is 31.4 Å². The third-order valence-electron chi connectivity index (χ3n) is 3.77. The Labute approximate surface area is 114 Å². The molecule has 2 rings (SSSR count).